The molecule has 0 spiro atoms. The van der Waals surface area contributed by atoms with Gasteiger partial charge in [0.25, 0.3) is 0 Å². The predicted molar refractivity (Wildman–Crippen MR) is 89.3 cm³/mol. The van der Waals surface area contributed by atoms with Crippen LogP contribution in [0.3, 0.4) is 0 Å². The van der Waals surface area contributed by atoms with Crippen LogP contribution in [0.2, 0.25) is 0 Å². The third-order valence-electron chi connectivity index (χ3n) is 3.47. The SMILES string of the molecule is CCNCC(Cc1cccc(OC)c1)Cc1nc(C)cs1. The van der Waals surface area contributed by atoms with Crippen molar-refractivity contribution < 1.29 is 4.74 Å². The lowest BCUT2D eigenvalue weighted by molar-refractivity contribution is 0.413. The highest BCUT2D eigenvalue weighted by atomic mass is 32.1. The molecule has 1 N–H and O–H groups in total. The van der Waals surface area contributed by atoms with Crippen molar-refractivity contribution in [2.24, 2.45) is 5.92 Å². The highest BCUT2D eigenvalue weighted by Crippen LogP contribution is 2.20. The van der Waals surface area contributed by atoms with Crippen LogP contribution in [0, 0.1) is 12.8 Å². The van der Waals surface area contributed by atoms with Crippen LogP contribution in [0.15, 0.2) is 29.6 Å². The number of methoxy groups -OCH3 is 1. The van der Waals surface area contributed by atoms with Gasteiger partial charge < -0.3 is 10.1 Å². The molecule has 1 atom stereocenters. The number of nitrogens with zero attached hydrogens (tertiary/aromatic N) is 1. The summed E-state index contributed by atoms with van der Waals surface area (Å²) >= 11 is 1.77. The van der Waals surface area contributed by atoms with Crippen molar-refractivity contribution in [1.29, 1.82) is 0 Å². The van der Waals surface area contributed by atoms with Gasteiger partial charge in [-0.2, -0.15) is 0 Å². The van der Waals surface area contributed by atoms with E-state index in [0.29, 0.717) is 5.92 Å². The molecule has 1 unspecified atom stereocenters. The second-order valence-electron chi connectivity index (χ2n) is 5.32. The van der Waals surface area contributed by atoms with Gasteiger partial charge in [0, 0.05) is 17.5 Å². The lowest BCUT2D eigenvalue weighted by Crippen LogP contribution is -2.25. The summed E-state index contributed by atoms with van der Waals surface area (Å²) in [5.41, 5.74) is 2.45. The molecular formula is C17H24N2OS. The van der Waals surface area contributed by atoms with Crippen LogP contribution in [0.25, 0.3) is 0 Å². The van der Waals surface area contributed by atoms with E-state index >= 15 is 0 Å². The van der Waals surface area contributed by atoms with Gasteiger partial charge in [0.05, 0.1) is 12.1 Å². The van der Waals surface area contributed by atoms with Crippen molar-refractivity contribution in [3.63, 3.8) is 0 Å². The van der Waals surface area contributed by atoms with Gasteiger partial charge in [-0.15, -0.1) is 11.3 Å². The quantitative estimate of drug-likeness (QED) is 0.811. The van der Waals surface area contributed by atoms with Crippen LogP contribution in [0.4, 0.5) is 0 Å². The topological polar surface area (TPSA) is 34.1 Å². The molecule has 2 aromatic rings. The van der Waals surface area contributed by atoms with Crippen LogP contribution < -0.4 is 10.1 Å². The number of benzene rings is 1. The average molecular weight is 304 g/mol. The van der Waals surface area contributed by atoms with Gasteiger partial charge >= 0.3 is 0 Å². The second-order valence-corrected chi connectivity index (χ2v) is 6.26. The van der Waals surface area contributed by atoms with E-state index in [-0.39, 0.29) is 0 Å². The fourth-order valence-corrected chi connectivity index (χ4v) is 3.33. The predicted octanol–water partition coefficient (Wildman–Crippen LogP) is 3.47. The van der Waals surface area contributed by atoms with Crippen molar-refractivity contribution in [1.82, 2.24) is 10.3 Å². The minimum Gasteiger partial charge on any atom is -0.497 e. The Morgan fingerprint density at radius 2 is 2.19 bits per heavy atom. The minimum atomic E-state index is 0.558. The molecule has 21 heavy (non-hydrogen) atoms. The molecule has 1 aromatic carbocycles. The Bertz CT molecular complexity index is 553. The summed E-state index contributed by atoms with van der Waals surface area (Å²) in [5.74, 6) is 1.49. The summed E-state index contributed by atoms with van der Waals surface area (Å²) in [6.45, 7) is 6.23. The highest BCUT2D eigenvalue weighted by Gasteiger charge is 2.13. The van der Waals surface area contributed by atoms with Crippen LogP contribution in [-0.4, -0.2) is 25.2 Å². The average Bonchev–Trinajstić information content (AvgIpc) is 2.90. The number of aromatic nitrogens is 1. The second kappa shape index (κ2) is 8.15. The molecule has 1 aromatic heterocycles. The van der Waals surface area contributed by atoms with Crippen LogP contribution in [-0.2, 0) is 12.8 Å². The molecule has 0 aliphatic rings. The molecule has 1 heterocycles. The van der Waals surface area contributed by atoms with Gasteiger partial charge in [0.15, 0.2) is 0 Å². The fraction of sp³-hybridized carbons (Fsp3) is 0.471. The van der Waals surface area contributed by atoms with Gasteiger partial charge in [-0.25, -0.2) is 4.98 Å². The zero-order valence-electron chi connectivity index (χ0n) is 13.1. The van der Waals surface area contributed by atoms with Crippen LogP contribution in [0.5, 0.6) is 5.75 Å². The lowest BCUT2D eigenvalue weighted by Gasteiger charge is -2.16. The van der Waals surface area contributed by atoms with E-state index in [0.717, 1.165) is 37.4 Å². The maximum atomic E-state index is 5.31. The van der Waals surface area contributed by atoms with E-state index in [1.165, 1.54) is 10.6 Å². The third kappa shape index (κ3) is 5.14. The molecule has 0 fully saturated rings. The smallest absolute Gasteiger partial charge is 0.119 e. The Morgan fingerprint density at radius 3 is 2.86 bits per heavy atom. The lowest BCUT2D eigenvalue weighted by atomic mass is 9.96. The Labute approximate surface area is 131 Å². The fourth-order valence-electron chi connectivity index (χ4n) is 2.44. The normalized spacial score (nSPS) is 12.3. The number of rotatable bonds is 8. The number of nitrogens with one attached hydrogen (secondary N) is 1. The van der Waals surface area contributed by atoms with Crippen LogP contribution >= 0.6 is 11.3 Å². The Balaban J connectivity index is 2.04. The Hall–Kier alpha value is -1.39. The van der Waals surface area contributed by atoms with E-state index in [9.17, 15) is 0 Å². The maximum Gasteiger partial charge on any atom is 0.119 e. The summed E-state index contributed by atoms with van der Waals surface area (Å²) in [6.07, 6.45) is 2.07. The molecule has 0 aliphatic carbocycles. The molecule has 0 saturated heterocycles. The number of aryl methyl sites for hydroxylation is 1. The number of hydrogen-bond acceptors (Lipinski definition) is 4. The van der Waals surface area contributed by atoms with Gasteiger partial charge in [-0.05, 0) is 50.0 Å². The van der Waals surface area contributed by atoms with Crippen molar-refractivity contribution in [2.75, 3.05) is 20.2 Å². The zero-order chi connectivity index (χ0) is 15.1. The minimum absolute atomic E-state index is 0.558. The molecular weight excluding hydrogens is 280 g/mol. The van der Waals surface area contributed by atoms with E-state index < -0.39 is 0 Å². The third-order valence-corrected chi connectivity index (χ3v) is 4.46. The van der Waals surface area contributed by atoms with Crippen molar-refractivity contribution >= 4 is 11.3 Å². The standard InChI is InChI=1S/C17H24N2OS/c1-4-18-11-15(10-17-19-13(2)12-21-17)8-14-6-5-7-16(9-14)20-3/h5-7,9,12,15,18H,4,8,10-11H2,1-3H3. The van der Waals surface area contributed by atoms with Gasteiger partial charge in [0.2, 0.25) is 0 Å². The largest absolute Gasteiger partial charge is 0.497 e. The van der Waals surface area contributed by atoms with Gasteiger partial charge in [0.1, 0.15) is 5.75 Å². The summed E-state index contributed by atoms with van der Waals surface area (Å²) < 4.78 is 5.31. The van der Waals surface area contributed by atoms with Crippen molar-refractivity contribution in [2.45, 2.75) is 26.7 Å². The molecule has 114 valence electrons. The van der Waals surface area contributed by atoms with Crippen LogP contribution in [0.1, 0.15) is 23.2 Å². The molecule has 0 aliphatic heterocycles. The first-order valence-electron chi connectivity index (χ1n) is 7.46. The molecule has 4 heteroatoms. The van der Waals surface area contributed by atoms with E-state index in [1.807, 2.05) is 6.07 Å². The number of hydrogen-bond donors (Lipinski definition) is 1. The van der Waals surface area contributed by atoms with Crippen molar-refractivity contribution in [3.8, 4) is 5.75 Å². The van der Waals surface area contributed by atoms with E-state index in [4.69, 9.17) is 4.74 Å². The molecule has 2 rings (SSSR count). The monoisotopic (exact) mass is 304 g/mol. The summed E-state index contributed by atoms with van der Waals surface area (Å²) in [5, 5.41) is 6.83. The van der Waals surface area contributed by atoms with E-state index in [1.54, 1.807) is 18.4 Å². The molecule has 0 radical (unpaired) electrons. The van der Waals surface area contributed by atoms with Gasteiger partial charge in [-0.1, -0.05) is 19.1 Å². The first-order chi connectivity index (χ1) is 10.2. The molecule has 0 bridgehead atoms. The zero-order valence-corrected chi connectivity index (χ0v) is 13.9. The first-order valence-corrected chi connectivity index (χ1v) is 8.34. The molecule has 0 amide bonds. The number of ether oxygens (including phenoxy) is 1. The Morgan fingerprint density at radius 1 is 1.33 bits per heavy atom. The molecule has 3 nitrogen and oxygen atoms in total. The molecule has 0 saturated carbocycles. The summed E-state index contributed by atoms with van der Waals surface area (Å²) in [7, 11) is 1.72. The summed E-state index contributed by atoms with van der Waals surface area (Å²) in [6, 6.07) is 8.36. The first kappa shape index (κ1) is 16.0. The maximum absolute atomic E-state index is 5.31. The van der Waals surface area contributed by atoms with E-state index in [2.05, 4.69) is 47.7 Å². The van der Waals surface area contributed by atoms with Gasteiger partial charge in [-0.3, -0.25) is 0 Å². The van der Waals surface area contributed by atoms with Crippen molar-refractivity contribution in [3.05, 3.63) is 45.9 Å². The Kier molecular flexibility index (Phi) is 6.21. The highest BCUT2D eigenvalue weighted by molar-refractivity contribution is 7.09. The number of thiazole rings is 1. The summed E-state index contributed by atoms with van der Waals surface area (Å²) in [4.78, 5) is 4.60.